The lowest BCUT2D eigenvalue weighted by atomic mass is 9.81. The van der Waals surface area contributed by atoms with Crippen molar-refractivity contribution in [3.8, 4) is 5.69 Å². The van der Waals surface area contributed by atoms with Gasteiger partial charge in [0.1, 0.15) is 5.60 Å². The van der Waals surface area contributed by atoms with Crippen molar-refractivity contribution >= 4 is 0 Å². The van der Waals surface area contributed by atoms with Crippen molar-refractivity contribution in [3.63, 3.8) is 0 Å². The molecule has 20 heavy (non-hydrogen) atoms. The summed E-state index contributed by atoms with van der Waals surface area (Å²) in [6.45, 7) is 3.80. The Kier molecular flexibility index (Phi) is 3.59. The number of hydrogen-bond donors (Lipinski definition) is 2. The van der Waals surface area contributed by atoms with E-state index in [2.05, 4.69) is 10.4 Å². The zero-order valence-electron chi connectivity index (χ0n) is 11.8. The Morgan fingerprint density at radius 1 is 1.30 bits per heavy atom. The second kappa shape index (κ2) is 5.38. The van der Waals surface area contributed by atoms with E-state index in [9.17, 15) is 5.11 Å². The number of hydrogen-bond acceptors (Lipinski definition) is 3. The maximum absolute atomic E-state index is 11.0. The van der Waals surface area contributed by atoms with Crippen molar-refractivity contribution in [2.24, 2.45) is 5.92 Å². The maximum Gasteiger partial charge on any atom is 0.108 e. The summed E-state index contributed by atoms with van der Waals surface area (Å²) in [6.07, 6.45) is 3.91. The van der Waals surface area contributed by atoms with Crippen LogP contribution in [0.5, 0.6) is 0 Å². The summed E-state index contributed by atoms with van der Waals surface area (Å²) < 4.78 is 1.84. The SMILES string of the molecule is CC(O)(c1ccnn1-c1ccccc1)C1CCCNC1. The van der Waals surface area contributed by atoms with Crippen LogP contribution in [0.25, 0.3) is 5.69 Å². The van der Waals surface area contributed by atoms with Gasteiger partial charge in [-0.3, -0.25) is 0 Å². The highest BCUT2D eigenvalue weighted by Gasteiger charge is 2.37. The molecule has 1 aliphatic heterocycles. The summed E-state index contributed by atoms with van der Waals surface area (Å²) in [5, 5.41) is 18.8. The number of nitrogens with zero attached hydrogens (tertiary/aromatic N) is 2. The van der Waals surface area contributed by atoms with Gasteiger partial charge in [0, 0.05) is 18.7 Å². The molecule has 1 saturated heterocycles. The molecule has 2 heterocycles. The smallest absolute Gasteiger partial charge is 0.108 e. The van der Waals surface area contributed by atoms with Gasteiger partial charge in [-0.25, -0.2) is 4.68 Å². The van der Waals surface area contributed by atoms with Gasteiger partial charge < -0.3 is 10.4 Å². The molecule has 1 aromatic heterocycles. The van der Waals surface area contributed by atoms with Crippen molar-refractivity contribution in [1.82, 2.24) is 15.1 Å². The van der Waals surface area contributed by atoms with Crippen LogP contribution in [0.1, 0.15) is 25.5 Å². The van der Waals surface area contributed by atoms with Gasteiger partial charge in [-0.1, -0.05) is 18.2 Å². The molecule has 4 nitrogen and oxygen atoms in total. The fraction of sp³-hybridized carbons (Fsp3) is 0.438. The van der Waals surface area contributed by atoms with E-state index in [1.54, 1.807) is 6.20 Å². The van der Waals surface area contributed by atoms with Crippen LogP contribution in [-0.2, 0) is 5.60 Å². The highest BCUT2D eigenvalue weighted by Crippen LogP contribution is 2.34. The molecule has 4 heteroatoms. The van der Waals surface area contributed by atoms with Crippen LogP contribution in [-0.4, -0.2) is 28.0 Å². The van der Waals surface area contributed by atoms with Gasteiger partial charge in [0.15, 0.2) is 0 Å². The highest BCUT2D eigenvalue weighted by atomic mass is 16.3. The minimum absolute atomic E-state index is 0.218. The zero-order valence-corrected chi connectivity index (χ0v) is 11.8. The van der Waals surface area contributed by atoms with E-state index in [1.165, 1.54) is 0 Å². The van der Waals surface area contributed by atoms with Gasteiger partial charge in [-0.15, -0.1) is 0 Å². The van der Waals surface area contributed by atoms with Crippen LogP contribution in [0, 0.1) is 5.92 Å². The Labute approximate surface area is 119 Å². The van der Waals surface area contributed by atoms with Crippen LogP contribution in [0.15, 0.2) is 42.6 Å². The van der Waals surface area contributed by atoms with Crippen LogP contribution in [0.4, 0.5) is 0 Å². The van der Waals surface area contributed by atoms with Crippen molar-refractivity contribution in [2.45, 2.75) is 25.4 Å². The Morgan fingerprint density at radius 3 is 2.80 bits per heavy atom. The second-order valence-electron chi connectivity index (χ2n) is 5.65. The van der Waals surface area contributed by atoms with E-state index in [0.717, 1.165) is 37.3 Å². The Morgan fingerprint density at radius 2 is 2.10 bits per heavy atom. The predicted octanol–water partition coefficient (Wildman–Crippen LogP) is 2.08. The quantitative estimate of drug-likeness (QED) is 0.898. The number of rotatable bonds is 3. The molecule has 2 unspecified atom stereocenters. The highest BCUT2D eigenvalue weighted by molar-refractivity contribution is 5.34. The monoisotopic (exact) mass is 271 g/mol. The molecule has 0 aliphatic carbocycles. The minimum Gasteiger partial charge on any atom is -0.384 e. The third-order valence-electron chi connectivity index (χ3n) is 4.25. The summed E-state index contributed by atoms with van der Waals surface area (Å²) in [4.78, 5) is 0. The van der Waals surface area contributed by atoms with E-state index in [-0.39, 0.29) is 5.92 Å². The standard InChI is InChI=1S/C16H21N3O/c1-16(20,13-6-5-10-17-12-13)15-9-11-18-19(15)14-7-3-2-4-8-14/h2-4,7-9,11,13,17,20H,5-6,10,12H2,1H3. The molecule has 0 saturated carbocycles. The van der Waals surface area contributed by atoms with Crippen LogP contribution >= 0.6 is 0 Å². The Bertz CT molecular complexity index is 556. The predicted molar refractivity (Wildman–Crippen MR) is 78.7 cm³/mol. The molecule has 2 N–H and O–H groups in total. The van der Waals surface area contributed by atoms with Gasteiger partial charge in [0.05, 0.1) is 11.4 Å². The van der Waals surface area contributed by atoms with E-state index < -0.39 is 5.60 Å². The molecule has 1 aromatic carbocycles. The molecule has 106 valence electrons. The first kappa shape index (κ1) is 13.3. The summed E-state index contributed by atoms with van der Waals surface area (Å²) in [5.41, 5.74) is 0.966. The lowest BCUT2D eigenvalue weighted by Gasteiger charge is -2.36. The maximum atomic E-state index is 11.0. The van der Waals surface area contributed by atoms with Crippen molar-refractivity contribution in [2.75, 3.05) is 13.1 Å². The first-order chi connectivity index (χ1) is 9.69. The van der Waals surface area contributed by atoms with Gasteiger partial charge in [-0.05, 0) is 44.5 Å². The van der Waals surface area contributed by atoms with E-state index in [4.69, 9.17) is 0 Å². The third kappa shape index (κ3) is 2.37. The zero-order chi connectivity index (χ0) is 14.0. The summed E-state index contributed by atoms with van der Waals surface area (Å²) in [5.74, 6) is 0.218. The number of nitrogens with one attached hydrogen (secondary N) is 1. The van der Waals surface area contributed by atoms with Crippen LogP contribution in [0.3, 0.4) is 0 Å². The minimum atomic E-state index is -0.875. The third-order valence-corrected chi connectivity index (χ3v) is 4.25. The second-order valence-corrected chi connectivity index (χ2v) is 5.65. The first-order valence-corrected chi connectivity index (χ1v) is 7.22. The van der Waals surface area contributed by atoms with E-state index in [0.29, 0.717) is 0 Å². The van der Waals surface area contributed by atoms with Crippen LogP contribution < -0.4 is 5.32 Å². The number of piperidine rings is 1. The largest absolute Gasteiger partial charge is 0.384 e. The summed E-state index contributed by atoms with van der Waals surface area (Å²) >= 11 is 0. The molecule has 1 fully saturated rings. The Hall–Kier alpha value is -1.65. The molecule has 0 radical (unpaired) electrons. The van der Waals surface area contributed by atoms with Gasteiger partial charge in [-0.2, -0.15) is 5.10 Å². The normalized spacial score (nSPS) is 22.4. The van der Waals surface area contributed by atoms with Crippen molar-refractivity contribution < 1.29 is 5.11 Å². The molecule has 0 bridgehead atoms. The van der Waals surface area contributed by atoms with E-state index in [1.807, 2.05) is 48.0 Å². The van der Waals surface area contributed by atoms with Crippen LogP contribution in [0.2, 0.25) is 0 Å². The van der Waals surface area contributed by atoms with Gasteiger partial charge >= 0.3 is 0 Å². The number of benzene rings is 1. The fourth-order valence-electron chi connectivity index (χ4n) is 3.00. The molecule has 2 aromatic rings. The van der Waals surface area contributed by atoms with E-state index >= 15 is 0 Å². The number of para-hydroxylation sites is 1. The molecule has 0 spiro atoms. The molecular formula is C16H21N3O. The molecular weight excluding hydrogens is 250 g/mol. The average Bonchev–Trinajstić information content (AvgIpc) is 2.99. The molecule has 1 aliphatic rings. The first-order valence-electron chi connectivity index (χ1n) is 7.22. The van der Waals surface area contributed by atoms with Crippen molar-refractivity contribution in [3.05, 3.63) is 48.3 Å². The summed E-state index contributed by atoms with van der Waals surface area (Å²) in [6, 6.07) is 11.9. The number of aliphatic hydroxyl groups is 1. The molecule has 2 atom stereocenters. The Balaban J connectivity index is 1.96. The molecule has 0 amide bonds. The van der Waals surface area contributed by atoms with Gasteiger partial charge in [0.2, 0.25) is 0 Å². The molecule has 3 rings (SSSR count). The topological polar surface area (TPSA) is 50.1 Å². The number of aromatic nitrogens is 2. The fourth-order valence-corrected chi connectivity index (χ4v) is 3.00. The lowest BCUT2D eigenvalue weighted by molar-refractivity contribution is -0.0213. The summed E-state index contributed by atoms with van der Waals surface area (Å²) in [7, 11) is 0. The lowest BCUT2D eigenvalue weighted by Crippen LogP contribution is -2.43. The van der Waals surface area contributed by atoms with Gasteiger partial charge in [0.25, 0.3) is 0 Å². The average molecular weight is 271 g/mol. The van der Waals surface area contributed by atoms with Crippen molar-refractivity contribution in [1.29, 1.82) is 0 Å².